The minimum atomic E-state index is -0.385. The van der Waals surface area contributed by atoms with Crippen molar-refractivity contribution in [2.24, 2.45) is 11.7 Å². The first-order valence-corrected chi connectivity index (χ1v) is 8.15. The lowest BCUT2D eigenvalue weighted by Crippen LogP contribution is -2.37. The second-order valence-electron chi connectivity index (χ2n) is 5.48. The quantitative estimate of drug-likeness (QED) is 0.653. The molecule has 0 bridgehead atoms. The average Bonchev–Trinajstić information content (AvgIpc) is 3.05. The SMILES string of the molecule is NCC(Nc1nc2sccn2c1[N+](=O)[O-])C1CCCCC1. The Labute approximate surface area is 126 Å². The Kier molecular flexibility index (Phi) is 4.07. The third kappa shape index (κ3) is 2.73. The normalized spacial score (nSPS) is 18.0. The van der Waals surface area contributed by atoms with Crippen LogP contribution in [-0.4, -0.2) is 26.9 Å². The largest absolute Gasteiger partial charge is 0.372 e. The van der Waals surface area contributed by atoms with Gasteiger partial charge in [0.15, 0.2) is 0 Å². The summed E-state index contributed by atoms with van der Waals surface area (Å²) in [6, 6.07) is 0.0496. The minimum Gasteiger partial charge on any atom is -0.359 e. The molecule has 2 heterocycles. The van der Waals surface area contributed by atoms with Crippen molar-refractivity contribution in [3.8, 4) is 0 Å². The van der Waals surface area contributed by atoms with Crippen LogP contribution in [0.3, 0.4) is 0 Å². The fourth-order valence-corrected chi connectivity index (χ4v) is 3.84. The first kappa shape index (κ1) is 14.3. The Morgan fingerprint density at radius 2 is 2.29 bits per heavy atom. The number of nitrogens with one attached hydrogen (secondary N) is 1. The van der Waals surface area contributed by atoms with E-state index >= 15 is 0 Å². The van der Waals surface area contributed by atoms with Crippen molar-refractivity contribution >= 4 is 27.9 Å². The van der Waals surface area contributed by atoms with Gasteiger partial charge >= 0.3 is 5.82 Å². The Balaban J connectivity index is 1.86. The Morgan fingerprint density at radius 1 is 1.52 bits per heavy atom. The molecular formula is C13H19N5O2S. The fourth-order valence-electron chi connectivity index (χ4n) is 3.13. The summed E-state index contributed by atoms with van der Waals surface area (Å²) in [5.74, 6) is 0.816. The smallest absolute Gasteiger partial charge is 0.359 e. The third-order valence-electron chi connectivity index (χ3n) is 4.20. The molecule has 1 aliphatic rings. The van der Waals surface area contributed by atoms with Crippen LogP contribution in [0.2, 0.25) is 0 Å². The number of nitrogens with two attached hydrogens (primary N) is 1. The first-order valence-electron chi connectivity index (χ1n) is 7.27. The molecule has 1 atom stereocenters. The van der Waals surface area contributed by atoms with Gasteiger partial charge in [-0.3, -0.25) is 0 Å². The van der Waals surface area contributed by atoms with Gasteiger partial charge in [0.1, 0.15) is 6.20 Å². The average molecular weight is 309 g/mol. The van der Waals surface area contributed by atoms with Gasteiger partial charge in [0.05, 0.1) is 0 Å². The molecule has 8 heteroatoms. The number of fused-ring (bicyclic) bond motifs is 1. The van der Waals surface area contributed by atoms with Crippen molar-refractivity contribution in [1.82, 2.24) is 9.38 Å². The van der Waals surface area contributed by atoms with E-state index in [0.29, 0.717) is 23.2 Å². The van der Waals surface area contributed by atoms with E-state index in [-0.39, 0.29) is 16.8 Å². The predicted molar refractivity (Wildman–Crippen MR) is 82.8 cm³/mol. The minimum absolute atomic E-state index is 0.000472. The molecule has 0 aromatic carbocycles. The Morgan fingerprint density at radius 3 is 2.95 bits per heavy atom. The number of thiazole rings is 1. The van der Waals surface area contributed by atoms with E-state index in [4.69, 9.17) is 5.73 Å². The van der Waals surface area contributed by atoms with E-state index in [1.54, 1.807) is 11.6 Å². The highest BCUT2D eigenvalue weighted by atomic mass is 32.1. The molecule has 21 heavy (non-hydrogen) atoms. The number of imidazole rings is 1. The molecule has 2 aromatic rings. The maximum atomic E-state index is 11.3. The maximum Gasteiger partial charge on any atom is 0.372 e. The summed E-state index contributed by atoms with van der Waals surface area (Å²) >= 11 is 1.39. The van der Waals surface area contributed by atoms with Gasteiger partial charge in [-0.15, -0.1) is 0 Å². The van der Waals surface area contributed by atoms with Gasteiger partial charge in [-0.2, -0.15) is 9.38 Å². The van der Waals surface area contributed by atoms with Crippen LogP contribution in [0.25, 0.3) is 4.96 Å². The van der Waals surface area contributed by atoms with Crippen molar-refractivity contribution in [3.63, 3.8) is 0 Å². The molecule has 0 amide bonds. The van der Waals surface area contributed by atoms with Gasteiger partial charge in [-0.25, -0.2) is 0 Å². The summed E-state index contributed by atoms with van der Waals surface area (Å²) < 4.78 is 1.52. The molecule has 2 aromatic heterocycles. The molecule has 0 radical (unpaired) electrons. The molecule has 114 valence electrons. The number of aromatic nitrogens is 2. The van der Waals surface area contributed by atoms with Gasteiger partial charge in [0.2, 0.25) is 5.82 Å². The predicted octanol–water partition coefficient (Wildman–Crippen LogP) is 2.62. The van der Waals surface area contributed by atoms with E-state index in [2.05, 4.69) is 10.3 Å². The number of hydrogen-bond donors (Lipinski definition) is 2. The Bertz CT molecular complexity index is 632. The molecule has 0 spiro atoms. The number of nitrogens with zero attached hydrogens (tertiary/aromatic N) is 3. The molecule has 1 fully saturated rings. The van der Waals surface area contributed by atoms with Crippen LogP contribution in [0.4, 0.5) is 11.6 Å². The van der Waals surface area contributed by atoms with Crippen LogP contribution in [0.5, 0.6) is 0 Å². The summed E-state index contributed by atoms with van der Waals surface area (Å²) in [5, 5.41) is 16.3. The van der Waals surface area contributed by atoms with E-state index < -0.39 is 0 Å². The molecule has 1 aliphatic carbocycles. The molecule has 3 N–H and O–H groups in total. The summed E-state index contributed by atoms with van der Waals surface area (Å²) in [6.45, 7) is 0.465. The number of rotatable bonds is 5. The highest BCUT2D eigenvalue weighted by Gasteiger charge is 2.28. The summed E-state index contributed by atoms with van der Waals surface area (Å²) in [5.41, 5.74) is 5.88. The molecule has 7 nitrogen and oxygen atoms in total. The van der Waals surface area contributed by atoms with Crippen LogP contribution in [0.15, 0.2) is 11.6 Å². The molecule has 1 saturated carbocycles. The van der Waals surface area contributed by atoms with Crippen molar-refractivity contribution < 1.29 is 4.92 Å². The van der Waals surface area contributed by atoms with E-state index in [1.165, 1.54) is 35.0 Å². The number of anilines is 1. The van der Waals surface area contributed by atoms with Crippen LogP contribution < -0.4 is 11.1 Å². The monoisotopic (exact) mass is 309 g/mol. The third-order valence-corrected chi connectivity index (χ3v) is 4.96. The van der Waals surface area contributed by atoms with Crippen LogP contribution in [0.1, 0.15) is 32.1 Å². The van der Waals surface area contributed by atoms with Crippen molar-refractivity contribution in [2.45, 2.75) is 38.1 Å². The molecule has 0 saturated heterocycles. The second-order valence-corrected chi connectivity index (χ2v) is 6.35. The highest BCUT2D eigenvalue weighted by molar-refractivity contribution is 7.15. The van der Waals surface area contributed by atoms with Gasteiger partial charge in [-0.05, 0) is 23.7 Å². The van der Waals surface area contributed by atoms with Gasteiger partial charge in [-0.1, -0.05) is 30.6 Å². The molecule has 0 aliphatic heterocycles. The lowest BCUT2D eigenvalue weighted by Gasteiger charge is -2.29. The zero-order valence-electron chi connectivity index (χ0n) is 11.7. The van der Waals surface area contributed by atoms with Crippen molar-refractivity contribution in [1.29, 1.82) is 0 Å². The summed E-state index contributed by atoms with van der Waals surface area (Å²) in [4.78, 5) is 15.9. The number of hydrogen-bond acceptors (Lipinski definition) is 6. The van der Waals surface area contributed by atoms with Gasteiger partial charge in [0, 0.05) is 18.0 Å². The second kappa shape index (κ2) is 5.98. The van der Waals surface area contributed by atoms with E-state index in [9.17, 15) is 10.1 Å². The number of nitro groups is 1. The maximum absolute atomic E-state index is 11.3. The van der Waals surface area contributed by atoms with Crippen molar-refractivity contribution in [3.05, 3.63) is 21.7 Å². The van der Waals surface area contributed by atoms with Gasteiger partial charge < -0.3 is 21.2 Å². The van der Waals surface area contributed by atoms with E-state index in [0.717, 1.165) is 12.8 Å². The lowest BCUT2D eigenvalue weighted by molar-refractivity contribution is -0.389. The van der Waals surface area contributed by atoms with Gasteiger partial charge in [0.25, 0.3) is 4.96 Å². The van der Waals surface area contributed by atoms with Crippen LogP contribution >= 0.6 is 11.3 Å². The zero-order valence-corrected chi connectivity index (χ0v) is 12.5. The standard InChI is InChI=1S/C13H19N5O2S/c14-8-10(9-4-2-1-3-5-9)15-11-12(18(19)20)17-6-7-21-13(17)16-11/h6-7,9-10,15H,1-5,8,14H2. The van der Waals surface area contributed by atoms with Crippen molar-refractivity contribution in [2.75, 3.05) is 11.9 Å². The lowest BCUT2D eigenvalue weighted by atomic mass is 9.84. The molecular weight excluding hydrogens is 290 g/mol. The van der Waals surface area contributed by atoms with E-state index in [1.807, 2.05) is 0 Å². The fraction of sp³-hybridized carbons (Fsp3) is 0.615. The zero-order chi connectivity index (χ0) is 14.8. The van der Waals surface area contributed by atoms with Crippen LogP contribution in [0, 0.1) is 16.0 Å². The van der Waals surface area contributed by atoms with Crippen LogP contribution in [-0.2, 0) is 0 Å². The summed E-state index contributed by atoms with van der Waals surface area (Å²) in [6.07, 6.45) is 7.63. The molecule has 3 rings (SSSR count). The Hall–Kier alpha value is -1.67. The highest BCUT2D eigenvalue weighted by Crippen LogP contribution is 2.32. The first-order chi connectivity index (χ1) is 10.2. The topological polar surface area (TPSA) is 98.5 Å². The summed E-state index contributed by atoms with van der Waals surface area (Å²) in [7, 11) is 0. The molecule has 1 unspecified atom stereocenters.